The Morgan fingerprint density at radius 2 is 2.07 bits per heavy atom. The molecule has 2 rings (SSSR count). The van der Waals surface area contributed by atoms with Gasteiger partial charge in [0.15, 0.2) is 0 Å². The Morgan fingerprint density at radius 3 is 2.80 bits per heavy atom. The van der Waals surface area contributed by atoms with Crippen molar-refractivity contribution in [1.82, 2.24) is 9.97 Å². The van der Waals surface area contributed by atoms with Gasteiger partial charge in [-0.1, -0.05) is 6.42 Å². The number of nitrogens with one attached hydrogen (secondary N) is 1. The number of nitrogen functional groups attached to an aromatic ring is 1. The Hall–Kier alpha value is -1.36. The number of aromatic nitrogens is 2. The summed E-state index contributed by atoms with van der Waals surface area (Å²) >= 11 is 0. The molecule has 0 atom stereocenters. The van der Waals surface area contributed by atoms with Gasteiger partial charge in [-0.3, -0.25) is 0 Å². The van der Waals surface area contributed by atoms with Gasteiger partial charge in [-0.15, -0.1) is 0 Å². The highest BCUT2D eigenvalue weighted by Crippen LogP contribution is 2.22. The summed E-state index contributed by atoms with van der Waals surface area (Å²) in [5, 5.41) is 0. The molecule has 1 aromatic rings. The number of nitrogens with two attached hydrogens (primary N) is 1. The van der Waals surface area contributed by atoms with E-state index < -0.39 is 0 Å². The molecule has 15 heavy (non-hydrogen) atoms. The summed E-state index contributed by atoms with van der Waals surface area (Å²) in [7, 11) is 0. The minimum atomic E-state index is 0.305. The standard InChI is InChI=1S/C10H16N4O/c11-14-9-6-10(13-7-12-9)15-8-4-2-1-3-5-8/h6-8H,1-5,11H2,(H,12,13,14). The molecular weight excluding hydrogens is 192 g/mol. The van der Waals surface area contributed by atoms with E-state index in [4.69, 9.17) is 10.6 Å². The topological polar surface area (TPSA) is 73.1 Å². The molecule has 1 aliphatic rings. The average molecular weight is 208 g/mol. The molecular formula is C10H16N4O. The van der Waals surface area contributed by atoms with Crippen molar-refractivity contribution in [3.63, 3.8) is 0 Å². The fraction of sp³-hybridized carbons (Fsp3) is 0.600. The van der Waals surface area contributed by atoms with Gasteiger partial charge < -0.3 is 10.2 Å². The van der Waals surface area contributed by atoms with Crippen molar-refractivity contribution >= 4 is 5.82 Å². The summed E-state index contributed by atoms with van der Waals surface area (Å²) in [5.74, 6) is 6.44. The summed E-state index contributed by atoms with van der Waals surface area (Å²) in [4.78, 5) is 7.98. The van der Waals surface area contributed by atoms with Crippen LogP contribution in [0.1, 0.15) is 32.1 Å². The third-order valence-corrected chi connectivity index (χ3v) is 2.63. The van der Waals surface area contributed by atoms with E-state index in [-0.39, 0.29) is 0 Å². The zero-order valence-electron chi connectivity index (χ0n) is 8.65. The molecule has 0 unspecified atom stereocenters. The van der Waals surface area contributed by atoms with Gasteiger partial charge in [-0.05, 0) is 25.7 Å². The first kappa shape index (κ1) is 10.2. The fourth-order valence-corrected chi connectivity index (χ4v) is 1.84. The number of hydrazine groups is 1. The second kappa shape index (κ2) is 4.93. The zero-order valence-corrected chi connectivity index (χ0v) is 8.65. The van der Waals surface area contributed by atoms with E-state index in [1.165, 1.54) is 25.6 Å². The summed E-state index contributed by atoms with van der Waals surface area (Å²) < 4.78 is 5.75. The van der Waals surface area contributed by atoms with E-state index in [0.717, 1.165) is 12.8 Å². The lowest BCUT2D eigenvalue weighted by atomic mass is 9.98. The van der Waals surface area contributed by atoms with Gasteiger partial charge in [0, 0.05) is 6.07 Å². The first-order chi connectivity index (χ1) is 7.38. The third-order valence-electron chi connectivity index (χ3n) is 2.63. The fourth-order valence-electron chi connectivity index (χ4n) is 1.84. The lowest BCUT2D eigenvalue weighted by molar-refractivity contribution is 0.148. The normalized spacial score (nSPS) is 17.4. The monoisotopic (exact) mass is 208 g/mol. The maximum absolute atomic E-state index is 5.75. The molecule has 0 spiro atoms. The van der Waals surface area contributed by atoms with E-state index in [0.29, 0.717) is 17.8 Å². The largest absolute Gasteiger partial charge is 0.474 e. The van der Waals surface area contributed by atoms with Crippen LogP contribution in [0.15, 0.2) is 12.4 Å². The van der Waals surface area contributed by atoms with E-state index in [9.17, 15) is 0 Å². The second-order valence-electron chi connectivity index (χ2n) is 3.76. The van der Waals surface area contributed by atoms with Crippen LogP contribution in [-0.4, -0.2) is 16.1 Å². The molecule has 82 valence electrons. The van der Waals surface area contributed by atoms with Crippen LogP contribution in [0.4, 0.5) is 5.82 Å². The molecule has 0 aliphatic heterocycles. The molecule has 1 fully saturated rings. The summed E-state index contributed by atoms with van der Waals surface area (Å²) in [6.07, 6.45) is 7.81. The molecule has 0 aromatic carbocycles. The summed E-state index contributed by atoms with van der Waals surface area (Å²) in [6.45, 7) is 0. The SMILES string of the molecule is NNc1cc(OC2CCCCC2)ncn1. The van der Waals surface area contributed by atoms with Gasteiger partial charge in [0.2, 0.25) is 5.88 Å². The van der Waals surface area contributed by atoms with Gasteiger partial charge in [-0.25, -0.2) is 15.8 Å². The van der Waals surface area contributed by atoms with Crippen molar-refractivity contribution < 1.29 is 4.74 Å². The molecule has 5 nitrogen and oxygen atoms in total. The van der Waals surface area contributed by atoms with Gasteiger partial charge in [0.1, 0.15) is 18.2 Å². The summed E-state index contributed by atoms with van der Waals surface area (Å²) in [6, 6.07) is 1.72. The van der Waals surface area contributed by atoms with Gasteiger partial charge in [0.05, 0.1) is 0 Å². The number of rotatable bonds is 3. The average Bonchev–Trinajstić information content (AvgIpc) is 2.31. The van der Waals surface area contributed by atoms with Crippen LogP contribution in [0.3, 0.4) is 0 Å². The molecule has 1 aliphatic carbocycles. The van der Waals surface area contributed by atoms with Crippen molar-refractivity contribution in [2.45, 2.75) is 38.2 Å². The molecule has 1 aromatic heterocycles. The van der Waals surface area contributed by atoms with E-state index in [1.807, 2.05) is 0 Å². The Balaban J connectivity index is 1.96. The van der Waals surface area contributed by atoms with Gasteiger partial charge in [0.25, 0.3) is 0 Å². The van der Waals surface area contributed by atoms with Crippen molar-refractivity contribution in [3.05, 3.63) is 12.4 Å². The Kier molecular flexibility index (Phi) is 3.34. The van der Waals surface area contributed by atoms with Crippen molar-refractivity contribution in [1.29, 1.82) is 0 Å². The van der Waals surface area contributed by atoms with Gasteiger partial charge >= 0.3 is 0 Å². The Morgan fingerprint density at radius 1 is 1.27 bits per heavy atom. The number of hydrogen-bond acceptors (Lipinski definition) is 5. The molecule has 0 radical (unpaired) electrons. The van der Waals surface area contributed by atoms with Crippen molar-refractivity contribution in [3.8, 4) is 5.88 Å². The first-order valence-electron chi connectivity index (χ1n) is 5.34. The van der Waals surface area contributed by atoms with E-state index in [2.05, 4.69) is 15.4 Å². The predicted molar refractivity (Wildman–Crippen MR) is 57.3 cm³/mol. The van der Waals surface area contributed by atoms with Crippen LogP contribution in [-0.2, 0) is 0 Å². The van der Waals surface area contributed by atoms with Crippen LogP contribution in [0.25, 0.3) is 0 Å². The predicted octanol–water partition coefficient (Wildman–Crippen LogP) is 1.47. The van der Waals surface area contributed by atoms with Gasteiger partial charge in [-0.2, -0.15) is 0 Å². The first-order valence-corrected chi connectivity index (χ1v) is 5.34. The van der Waals surface area contributed by atoms with Crippen LogP contribution in [0.2, 0.25) is 0 Å². The Labute approximate surface area is 89.0 Å². The zero-order chi connectivity index (χ0) is 10.5. The molecule has 0 amide bonds. The van der Waals surface area contributed by atoms with Crippen LogP contribution in [0.5, 0.6) is 5.88 Å². The maximum Gasteiger partial charge on any atom is 0.218 e. The number of nitrogens with zero attached hydrogens (tertiary/aromatic N) is 2. The highest BCUT2D eigenvalue weighted by molar-refractivity contribution is 5.35. The molecule has 1 saturated carbocycles. The lowest BCUT2D eigenvalue weighted by Gasteiger charge is -2.22. The van der Waals surface area contributed by atoms with Crippen LogP contribution < -0.4 is 16.0 Å². The highest BCUT2D eigenvalue weighted by atomic mass is 16.5. The van der Waals surface area contributed by atoms with E-state index >= 15 is 0 Å². The number of anilines is 1. The van der Waals surface area contributed by atoms with Crippen LogP contribution >= 0.6 is 0 Å². The third kappa shape index (κ3) is 2.79. The number of hydrogen-bond donors (Lipinski definition) is 2. The molecule has 0 saturated heterocycles. The minimum absolute atomic E-state index is 0.305. The quantitative estimate of drug-likeness (QED) is 0.581. The lowest BCUT2D eigenvalue weighted by Crippen LogP contribution is -2.20. The number of ether oxygens (including phenoxy) is 1. The molecule has 1 heterocycles. The second-order valence-corrected chi connectivity index (χ2v) is 3.76. The minimum Gasteiger partial charge on any atom is -0.474 e. The smallest absolute Gasteiger partial charge is 0.218 e. The van der Waals surface area contributed by atoms with Crippen molar-refractivity contribution in [2.24, 2.45) is 5.84 Å². The van der Waals surface area contributed by atoms with E-state index in [1.54, 1.807) is 6.07 Å². The van der Waals surface area contributed by atoms with Crippen LogP contribution in [0, 0.1) is 0 Å². The van der Waals surface area contributed by atoms with Crippen molar-refractivity contribution in [2.75, 3.05) is 5.43 Å². The molecule has 0 bridgehead atoms. The maximum atomic E-state index is 5.75. The summed E-state index contributed by atoms with van der Waals surface area (Å²) in [5.41, 5.74) is 2.47. The molecule has 5 heteroatoms. The Bertz CT molecular complexity index is 312. The molecule has 3 N–H and O–H groups in total. The highest BCUT2D eigenvalue weighted by Gasteiger charge is 2.15.